The van der Waals surface area contributed by atoms with Crippen molar-refractivity contribution < 1.29 is 10.2 Å². The smallest absolute Gasteiger partial charge is 0.266 e. The fourth-order valence-electron chi connectivity index (χ4n) is 3.80. The Kier molecular flexibility index (Phi) is 5.92. The van der Waals surface area contributed by atoms with Gasteiger partial charge in [-0.05, 0) is 78.6 Å². The van der Waals surface area contributed by atoms with Crippen LogP contribution < -0.4 is 5.56 Å². The van der Waals surface area contributed by atoms with Gasteiger partial charge >= 0.3 is 0 Å². The molecular formula is C29H20N2O3S. The van der Waals surface area contributed by atoms with E-state index in [1.807, 2.05) is 54.8 Å². The van der Waals surface area contributed by atoms with Gasteiger partial charge in [0.25, 0.3) is 5.56 Å². The summed E-state index contributed by atoms with van der Waals surface area (Å²) in [6.45, 7) is 1.94. The van der Waals surface area contributed by atoms with E-state index in [-0.39, 0.29) is 17.1 Å². The van der Waals surface area contributed by atoms with Crippen LogP contribution in [0.3, 0.4) is 0 Å². The second-order valence-corrected chi connectivity index (χ2v) is 8.88. The molecule has 0 atom stereocenters. The number of fused-ring (bicyclic) bond motifs is 1. The Bertz CT molecular complexity index is 1700. The largest absolute Gasteiger partial charge is 0.508 e. The van der Waals surface area contributed by atoms with Crippen molar-refractivity contribution in [2.75, 3.05) is 0 Å². The molecule has 5 nitrogen and oxygen atoms in total. The lowest BCUT2D eigenvalue weighted by Crippen LogP contribution is -2.23. The first kappa shape index (κ1) is 22.2. The zero-order chi connectivity index (χ0) is 24.4. The van der Waals surface area contributed by atoms with Crippen molar-refractivity contribution in [2.24, 2.45) is 0 Å². The lowest BCUT2D eigenvalue weighted by Gasteiger charge is -2.14. The molecule has 0 bridgehead atoms. The number of rotatable bonds is 3. The van der Waals surface area contributed by atoms with Gasteiger partial charge < -0.3 is 10.2 Å². The SMILES string of the molecule is Cc1cc(C#Cc2cccs2)ccc1-n1c(C=Cc2ccc(O)cc2O)nc2ccccc2c1=O. The van der Waals surface area contributed by atoms with Crippen molar-refractivity contribution in [1.82, 2.24) is 9.55 Å². The van der Waals surface area contributed by atoms with E-state index >= 15 is 0 Å². The van der Waals surface area contributed by atoms with Crippen molar-refractivity contribution in [2.45, 2.75) is 6.92 Å². The van der Waals surface area contributed by atoms with Gasteiger partial charge in [0.2, 0.25) is 0 Å². The number of hydrogen-bond acceptors (Lipinski definition) is 5. The first-order valence-corrected chi connectivity index (χ1v) is 11.8. The quantitative estimate of drug-likeness (QED) is 0.326. The third kappa shape index (κ3) is 4.58. The maximum absolute atomic E-state index is 13.6. The summed E-state index contributed by atoms with van der Waals surface area (Å²) in [5.41, 5.74) is 3.32. The second-order valence-electron chi connectivity index (χ2n) is 7.93. The molecule has 0 spiro atoms. The van der Waals surface area contributed by atoms with Gasteiger partial charge in [0.15, 0.2) is 0 Å². The number of phenolic OH excluding ortho intramolecular Hbond substituents is 2. The maximum atomic E-state index is 13.6. The molecule has 170 valence electrons. The molecular weight excluding hydrogens is 456 g/mol. The first-order chi connectivity index (χ1) is 17.0. The number of thiophene rings is 1. The molecule has 0 aliphatic carbocycles. The molecule has 35 heavy (non-hydrogen) atoms. The van der Waals surface area contributed by atoms with Gasteiger partial charge in [-0.25, -0.2) is 4.98 Å². The lowest BCUT2D eigenvalue weighted by atomic mass is 10.1. The Morgan fingerprint density at radius 3 is 2.57 bits per heavy atom. The highest BCUT2D eigenvalue weighted by atomic mass is 32.1. The number of aromatic nitrogens is 2. The average Bonchev–Trinajstić information content (AvgIpc) is 3.37. The Morgan fingerprint density at radius 1 is 0.943 bits per heavy atom. The van der Waals surface area contributed by atoms with E-state index in [4.69, 9.17) is 4.98 Å². The van der Waals surface area contributed by atoms with Crippen LogP contribution in [0.15, 0.2) is 83.0 Å². The van der Waals surface area contributed by atoms with Crippen LogP contribution in [0.4, 0.5) is 0 Å². The normalized spacial score (nSPS) is 11.0. The predicted octanol–water partition coefficient (Wildman–Crippen LogP) is 5.74. The first-order valence-electron chi connectivity index (χ1n) is 10.9. The maximum Gasteiger partial charge on any atom is 0.266 e. The number of hydrogen-bond donors (Lipinski definition) is 2. The van der Waals surface area contributed by atoms with E-state index in [0.29, 0.717) is 28.0 Å². The van der Waals surface area contributed by atoms with Crippen LogP contribution in [0.1, 0.15) is 27.4 Å². The van der Waals surface area contributed by atoms with Crippen LogP contribution in [0, 0.1) is 18.8 Å². The fourth-order valence-corrected chi connectivity index (χ4v) is 4.37. The molecule has 5 rings (SSSR count). The van der Waals surface area contributed by atoms with Gasteiger partial charge in [0.1, 0.15) is 17.3 Å². The molecule has 5 aromatic rings. The van der Waals surface area contributed by atoms with Crippen molar-refractivity contribution in [3.05, 3.63) is 116 Å². The fraction of sp³-hybridized carbons (Fsp3) is 0.0345. The molecule has 6 heteroatoms. The Hall–Kier alpha value is -4.60. The van der Waals surface area contributed by atoms with Crippen molar-refractivity contribution in [3.8, 4) is 29.0 Å². The summed E-state index contributed by atoms with van der Waals surface area (Å²) < 4.78 is 1.57. The molecule has 0 aliphatic rings. The van der Waals surface area contributed by atoms with E-state index in [9.17, 15) is 15.0 Å². The molecule has 0 saturated heterocycles. The van der Waals surface area contributed by atoms with Gasteiger partial charge in [-0.2, -0.15) is 0 Å². The van der Waals surface area contributed by atoms with E-state index in [0.717, 1.165) is 16.0 Å². The summed E-state index contributed by atoms with van der Waals surface area (Å²) in [5.74, 6) is 6.66. The van der Waals surface area contributed by atoms with Crippen LogP contribution in [0.25, 0.3) is 28.7 Å². The monoisotopic (exact) mass is 476 g/mol. The summed E-state index contributed by atoms with van der Waals surface area (Å²) in [7, 11) is 0. The third-order valence-electron chi connectivity index (χ3n) is 5.52. The summed E-state index contributed by atoms with van der Waals surface area (Å²) in [5, 5.41) is 22.2. The highest BCUT2D eigenvalue weighted by Crippen LogP contribution is 2.25. The highest BCUT2D eigenvalue weighted by Gasteiger charge is 2.13. The molecule has 0 fully saturated rings. The Morgan fingerprint density at radius 2 is 1.80 bits per heavy atom. The van der Waals surface area contributed by atoms with Crippen molar-refractivity contribution in [1.29, 1.82) is 0 Å². The minimum atomic E-state index is -0.189. The number of para-hydroxylation sites is 1. The van der Waals surface area contributed by atoms with Crippen LogP contribution in [-0.2, 0) is 0 Å². The second kappa shape index (κ2) is 9.34. The summed E-state index contributed by atoms with van der Waals surface area (Å²) in [4.78, 5) is 19.3. The predicted molar refractivity (Wildman–Crippen MR) is 141 cm³/mol. The number of benzene rings is 3. The number of nitrogens with zero attached hydrogens (tertiary/aromatic N) is 2. The summed E-state index contributed by atoms with van der Waals surface area (Å²) >= 11 is 1.59. The minimum Gasteiger partial charge on any atom is -0.508 e. The number of phenols is 2. The zero-order valence-corrected chi connectivity index (χ0v) is 19.6. The van der Waals surface area contributed by atoms with Crippen LogP contribution in [0.5, 0.6) is 11.5 Å². The molecule has 3 aromatic carbocycles. The zero-order valence-electron chi connectivity index (χ0n) is 18.8. The van der Waals surface area contributed by atoms with E-state index in [1.54, 1.807) is 46.3 Å². The molecule has 0 unspecified atom stereocenters. The standard InChI is InChI=1S/C29H20N2O3S/c1-19-17-20(8-13-23-5-4-16-35-23)9-14-26(19)31-28(15-11-21-10-12-22(32)18-27(21)33)30-25-7-3-2-6-24(25)29(31)34/h2-7,9-12,14-18,32-33H,1H3. The number of aryl methyl sites for hydroxylation is 1. The van der Waals surface area contributed by atoms with E-state index in [1.165, 1.54) is 12.1 Å². The van der Waals surface area contributed by atoms with E-state index in [2.05, 4.69) is 11.8 Å². The van der Waals surface area contributed by atoms with Gasteiger partial charge in [-0.1, -0.05) is 30.0 Å². The Labute approximate surface area is 205 Å². The highest BCUT2D eigenvalue weighted by molar-refractivity contribution is 7.10. The van der Waals surface area contributed by atoms with Crippen LogP contribution >= 0.6 is 11.3 Å². The average molecular weight is 477 g/mol. The van der Waals surface area contributed by atoms with Gasteiger partial charge in [-0.3, -0.25) is 9.36 Å². The summed E-state index contributed by atoms with van der Waals surface area (Å²) in [6.07, 6.45) is 3.35. The van der Waals surface area contributed by atoms with Crippen LogP contribution in [-0.4, -0.2) is 19.8 Å². The van der Waals surface area contributed by atoms with Gasteiger partial charge in [0, 0.05) is 17.2 Å². The van der Waals surface area contributed by atoms with Crippen molar-refractivity contribution >= 4 is 34.4 Å². The molecule has 2 heterocycles. The molecule has 0 aliphatic heterocycles. The lowest BCUT2D eigenvalue weighted by molar-refractivity contribution is 0.450. The third-order valence-corrected chi connectivity index (χ3v) is 6.30. The Balaban J connectivity index is 1.64. The van der Waals surface area contributed by atoms with E-state index < -0.39 is 0 Å². The number of aromatic hydroxyl groups is 2. The van der Waals surface area contributed by atoms with Gasteiger partial charge in [0.05, 0.1) is 21.5 Å². The molecule has 0 saturated carbocycles. The molecule has 0 amide bonds. The summed E-state index contributed by atoms with van der Waals surface area (Å²) in [6, 6.07) is 21.2. The molecule has 2 aromatic heterocycles. The molecule has 2 N–H and O–H groups in total. The topological polar surface area (TPSA) is 75.3 Å². The minimum absolute atomic E-state index is 0.0294. The molecule has 0 radical (unpaired) electrons. The van der Waals surface area contributed by atoms with Crippen LogP contribution in [0.2, 0.25) is 0 Å². The van der Waals surface area contributed by atoms with Crippen molar-refractivity contribution in [3.63, 3.8) is 0 Å². The van der Waals surface area contributed by atoms with Gasteiger partial charge in [-0.15, -0.1) is 11.3 Å².